The summed E-state index contributed by atoms with van der Waals surface area (Å²) in [6.07, 6.45) is -3.59. The first-order chi connectivity index (χ1) is 28.3. The zero-order valence-corrected chi connectivity index (χ0v) is 33.0. The van der Waals surface area contributed by atoms with Crippen LogP contribution < -0.4 is 26.5 Å². The molecule has 23 heteroatoms. The molecule has 5 N–H and O–H groups in total. The van der Waals surface area contributed by atoms with E-state index in [1.54, 1.807) is 16.7 Å². The molecule has 2 aromatic carbocycles. The SMILES string of the molecule is COC1C(OP(=O)(OCC2O[C@@H](n3cnc4c(N)ncnc43)C[C@H]2O)SCc2ccc(OC(=O)c3ccc(OC(C)=O)cc3)cc2)C(CO)OC1n1ccc(=O)[nH]c1=O. The molecule has 6 unspecified atom stereocenters. The highest BCUT2D eigenvalue weighted by Crippen LogP contribution is 2.64. The number of nitrogens with zero attached hydrogens (tertiary/aromatic N) is 5. The molecule has 0 radical (unpaired) electrons. The molecule has 0 spiro atoms. The second-order valence-corrected chi connectivity index (χ2v) is 17.2. The number of imidazole rings is 1. The molecule has 7 rings (SSSR count). The number of nitrogen functional groups attached to an aromatic ring is 1. The van der Waals surface area contributed by atoms with E-state index in [9.17, 15) is 34.0 Å². The fourth-order valence-corrected chi connectivity index (χ4v) is 9.80. The molecule has 2 saturated heterocycles. The monoisotopic (exact) mass is 855 g/mol. The van der Waals surface area contributed by atoms with Gasteiger partial charge >= 0.3 is 24.4 Å². The second-order valence-electron chi connectivity index (χ2n) is 13.2. The average molecular weight is 856 g/mol. The highest BCUT2D eigenvalue weighted by atomic mass is 32.7. The fourth-order valence-electron chi connectivity index (χ4n) is 6.41. The third-order valence-electron chi connectivity index (χ3n) is 9.29. The van der Waals surface area contributed by atoms with E-state index in [0.717, 1.165) is 22.0 Å². The Morgan fingerprint density at radius 2 is 1.71 bits per heavy atom. The van der Waals surface area contributed by atoms with Crippen molar-refractivity contribution in [1.82, 2.24) is 29.1 Å². The summed E-state index contributed by atoms with van der Waals surface area (Å²) in [7, 11) is 1.31. The number of ether oxygens (including phenoxy) is 5. The Kier molecular flexibility index (Phi) is 12.7. The normalized spacial score (nSPS) is 23.9. The number of aliphatic hydroxyl groups is 2. The summed E-state index contributed by atoms with van der Waals surface area (Å²) in [5.74, 6) is -0.471. The Morgan fingerprint density at radius 3 is 2.41 bits per heavy atom. The van der Waals surface area contributed by atoms with Gasteiger partial charge in [0, 0.05) is 38.5 Å². The van der Waals surface area contributed by atoms with Crippen LogP contribution in [0.2, 0.25) is 0 Å². The highest BCUT2D eigenvalue weighted by molar-refractivity contribution is 8.54. The Balaban J connectivity index is 1.08. The van der Waals surface area contributed by atoms with E-state index in [0.29, 0.717) is 16.7 Å². The van der Waals surface area contributed by atoms with Crippen LogP contribution in [0, 0.1) is 0 Å². The number of rotatable bonds is 15. The number of benzene rings is 2. The highest BCUT2D eigenvalue weighted by Gasteiger charge is 2.51. The summed E-state index contributed by atoms with van der Waals surface area (Å²) in [6.45, 7) is -4.12. The number of esters is 2. The van der Waals surface area contributed by atoms with Gasteiger partial charge in [-0.05, 0) is 53.3 Å². The lowest BCUT2D eigenvalue weighted by molar-refractivity contribution is -0.131. The Labute approximate surface area is 337 Å². The molecule has 8 atom stereocenters. The molecule has 0 saturated carbocycles. The van der Waals surface area contributed by atoms with E-state index < -0.39 is 86.2 Å². The number of hydrogen-bond donors (Lipinski definition) is 4. The van der Waals surface area contributed by atoms with Gasteiger partial charge in [-0.25, -0.2) is 29.1 Å². The Hall–Kier alpha value is -5.29. The van der Waals surface area contributed by atoms with Crippen LogP contribution in [0.4, 0.5) is 5.82 Å². The van der Waals surface area contributed by atoms with E-state index in [-0.39, 0.29) is 35.1 Å². The van der Waals surface area contributed by atoms with Crippen molar-refractivity contribution in [3.8, 4) is 11.5 Å². The lowest BCUT2D eigenvalue weighted by Gasteiger charge is -2.28. The number of hydrogen-bond acceptors (Lipinski definition) is 19. The number of aromatic amines is 1. The standard InChI is InChI=1S/C36H38N7O14PS/c1-19(45)53-22-9-5-21(6-10-22)35(48)54-23-7-3-20(4-8-23)16-59-58(50,57-30-25(14-44)56-34(31(30)51-2)42-12-11-27(47)41-36(42)49)52-15-26-24(46)13-28(55-26)43-18-40-29-32(37)38-17-39-33(29)43/h3-12,17-18,24-26,28,30-31,34,44,46H,13-16H2,1-2H3,(H2,37,38,39)(H,41,47,49)/t24-,25?,26?,28-,30?,31?,34?,58?/m1/s1. The number of fused-ring (bicyclic) bond motifs is 1. The number of carbonyl (C=O) groups is 2. The van der Waals surface area contributed by atoms with Crippen molar-refractivity contribution < 1.29 is 57.1 Å². The van der Waals surface area contributed by atoms with Gasteiger partial charge in [0.25, 0.3) is 5.56 Å². The minimum atomic E-state index is -4.33. The van der Waals surface area contributed by atoms with E-state index in [1.807, 2.05) is 0 Å². The van der Waals surface area contributed by atoms with E-state index >= 15 is 0 Å². The number of aromatic nitrogens is 6. The minimum Gasteiger partial charge on any atom is -0.427 e. The molecule has 2 fully saturated rings. The summed E-state index contributed by atoms with van der Waals surface area (Å²) in [5.41, 5.74) is 6.04. The smallest absolute Gasteiger partial charge is 0.389 e. The molecule has 5 aromatic rings. The molecule has 312 valence electrons. The van der Waals surface area contributed by atoms with Gasteiger partial charge in [0.05, 0.1) is 31.2 Å². The first-order valence-corrected chi connectivity index (χ1v) is 21.0. The van der Waals surface area contributed by atoms with Crippen molar-refractivity contribution in [3.63, 3.8) is 0 Å². The zero-order valence-electron chi connectivity index (χ0n) is 31.3. The van der Waals surface area contributed by atoms with Crippen molar-refractivity contribution >= 4 is 47.1 Å². The topological polar surface area (TPSA) is 281 Å². The van der Waals surface area contributed by atoms with Crippen molar-refractivity contribution in [2.75, 3.05) is 26.1 Å². The lowest BCUT2D eigenvalue weighted by atomic mass is 10.1. The van der Waals surface area contributed by atoms with Gasteiger partial charge < -0.3 is 39.6 Å². The summed E-state index contributed by atoms with van der Waals surface area (Å²) in [6, 6.07) is 13.3. The molecular formula is C36H38N7O14PS. The summed E-state index contributed by atoms with van der Waals surface area (Å²) >= 11 is 0.775. The van der Waals surface area contributed by atoms with Gasteiger partial charge in [-0.1, -0.05) is 12.1 Å². The van der Waals surface area contributed by atoms with E-state index in [1.165, 1.54) is 69.3 Å². The van der Waals surface area contributed by atoms with Crippen molar-refractivity contribution in [2.45, 2.75) is 62.1 Å². The summed E-state index contributed by atoms with van der Waals surface area (Å²) in [4.78, 5) is 63.0. The van der Waals surface area contributed by atoms with Gasteiger partial charge in [-0.2, -0.15) is 0 Å². The number of methoxy groups -OCH3 is 1. The van der Waals surface area contributed by atoms with E-state index in [4.69, 9.17) is 38.5 Å². The maximum atomic E-state index is 14.8. The third-order valence-corrected chi connectivity index (χ3v) is 12.9. The number of nitrogens with one attached hydrogen (secondary N) is 1. The predicted octanol–water partition coefficient (Wildman–Crippen LogP) is 2.10. The number of H-pyrrole nitrogens is 1. The van der Waals surface area contributed by atoms with Gasteiger partial charge in [0.15, 0.2) is 17.7 Å². The third kappa shape index (κ3) is 9.46. The molecule has 2 aliphatic heterocycles. The number of nitrogens with two attached hydrogens (primary N) is 1. The van der Waals surface area contributed by atoms with Crippen LogP contribution in [-0.2, 0) is 38.4 Å². The molecule has 0 bridgehead atoms. The van der Waals surface area contributed by atoms with Gasteiger partial charge in [0.1, 0.15) is 54.0 Å². The summed E-state index contributed by atoms with van der Waals surface area (Å²) < 4.78 is 57.8. The Bertz CT molecular complexity index is 2470. The average Bonchev–Trinajstić information content (AvgIpc) is 3.92. The van der Waals surface area contributed by atoms with Crippen LogP contribution in [0.25, 0.3) is 11.2 Å². The molecule has 59 heavy (non-hydrogen) atoms. The van der Waals surface area contributed by atoms with Crippen molar-refractivity contribution in [2.24, 2.45) is 0 Å². The zero-order chi connectivity index (χ0) is 41.8. The van der Waals surface area contributed by atoms with Crippen molar-refractivity contribution in [1.29, 1.82) is 0 Å². The first kappa shape index (κ1) is 41.9. The lowest BCUT2D eigenvalue weighted by Crippen LogP contribution is -2.39. The molecule has 5 heterocycles. The number of carbonyl (C=O) groups excluding carboxylic acids is 2. The molecule has 2 aliphatic rings. The molecule has 0 aliphatic carbocycles. The van der Waals surface area contributed by atoms with Gasteiger partial charge in [-0.15, -0.1) is 0 Å². The number of anilines is 1. The van der Waals surface area contributed by atoms with Crippen LogP contribution in [0.1, 0.15) is 41.7 Å². The van der Waals surface area contributed by atoms with Crippen LogP contribution >= 0.6 is 18.2 Å². The molecule has 3 aromatic heterocycles. The van der Waals surface area contributed by atoms with Crippen LogP contribution in [0.5, 0.6) is 11.5 Å². The molecular weight excluding hydrogens is 817 g/mol. The first-order valence-electron chi connectivity index (χ1n) is 17.9. The molecule has 0 amide bonds. The second kappa shape index (κ2) is 17.9. The maximum Gasteiger partial charge on any atom is 0.389 e. The minimum absolute atomic E-state index is 0.0276. The van der Waals surface area contributed by atoms with Gasteiger partial charge in [0.2, 0.25) is 0 Å². The van der Waals surface area contributed by atoms with Crippen LogP contribution in [-0.4, -0.2) is 102 Å². The van der Waals surface area contributed by atoms with Gasteiger partial charge in [-0.3, -0.25) is 32.8 Å². The molecule has 21 nitrogen and oxygen atoms in total. The predicted molar refractivity (Wildman–Crippen MR) is 206 cm³/mol. The quantitative estimate of drug-likeness (QED) is 0.0666. The summed E-state index contributed by atoms with van der Waals surface area (Å²) in [5, 5.41) is 21.3. The van der Waals surface area contributed by atoms with Crippen LogP contribution in [0.15, 0.2) is 83.0 Å². The largest absolute Gasteiger partial charge is 0.427 e. The van der Waals surface area contributed by atoms with Crippen LogP contribution in [0.3, 0.4) is 0 Å². The number of aliphatic hydroxyl groups excluding tert-OH is 2. The van der Waals surface area contributed by atoms with E-state index in [2.05, 4.69) is 19.9 Å². The maximum absolute atomic E-state index is 14.8. The van der Waals surface area contributed by atoms with Crippen molar-refractivity contribution in [3.05, 3.63) is 105 Å². The fraction of sp³-hybridized carbons (Fsp3) is 0.361. The Morgan fingerprint density at radius 1 is 0.983 bits per heavy atom.